The highest BCUT2D eigenvalue weighted by Crippen LogP contribution is 2.16. The summed E-state index contributed by atoms with van der Waals surface area (Å²) >= 11 is 0. The summed E-state index contributed by atoms with van der Waals surface area (Å²) in [4.78, 5) is 38.2. The van der Waals surface area contributed by atoms with Gasteiger partial charge in [0.25, 0.3) is 0 Å². The Balaban J connectivity index is 4.42. The van der Waals surface area contributed by atoms with Crippen LogP contribution in [0.3, 0.4) is 0 Å². The molecule has 0 bridgehead atoms. The first-order valence-electron chi connectivity index (χ1n) is 29.9. The van der Waals surface area contributed by atoms with E-state index in [1.807, 2.05) is 0 Å². The smallest absolute Gasteiger partial charge is 0.306 e. The zero-order valence-corrected chi connectivity index (χ0v) is 46.9. The highest BCUT2D eigenvalue weighted by molar-refractivity contribution is 5.71. The largest absolute Gasteiger partial charge is 0.462 e. The summed E-state index contributed by atoms with van der Waals surface area (Å²) in [5.74, 6) is -0.944. The van der Waals surface area contributed by atoms with Crippen LogP contribution in [-0.2, 0) is 28.6 Å². The summed E-state index contributed by atoms with van der Waals surface area (Å²) < 4.78 is 16.9. The van der Waals surface area contributed by atoms with Crippen molar-refractivity contribution in [1.82, 2.24) is 0 Å². The second-order valence-corrected chi connectivity index (χ2v) is 19.5. The number of esters is 3. The summed E-state index contributed by atoms with van der Waals surface area (Å²) in [5.41, 5.74) is 0. The second kappa shape index (κ2) is 59.6. The van der Waals surface area contributed by atoms with Gasteiger partial charge in [-0.15, -0.1) is 0 Å². The molecule has 0 aliphatic rings. The maximum absolute atomic E-state index is 12.9. The number of hydrogen-bond donors (Lipinski definition) is 0. The quantitative estimate of drug-likeness (QED) is 0.0261. The molecule has 0 aromatic rings. The van der Waals surface area contributed by atoms with Crippen molar-refractivity contribution in [1.29, 1.82) is 0 Å². The van der Waals surface area contributed by atoms with Crippen molar-refractivity contribution in [2.24, 2.45) is 0 Å². The van der Waals surface area contributed by atoms with Crippen LogP contribution in [0, 0.1) is 0 Å². The van der Waals surface area contributed by atoms with Gasteiger partial charge in [0.1, 0.15) is 13.2 Å². The Morgan fingerprint density at radius 2 is 0.542 bits per heavy atom. The summed E-state index contributed by atoms with van der Waals surface area (Å²) in [6.07, 6.45) is 80.8. The van der Waals surface area contributed by atoms with E-state index >= 15 is 0 Å². The highest BCUT2D eigenvalue weighted by Gasteiger charge is 2.19. The normalized spacial score (nSPS) is 12.9. The Hall–Kier alpha value is -3.93. The number of allylic oxidation sites excluding steroid dienone is 18. The van der Waals surface area contributed by atoms with Crippen molar-refractivity contribution < 1.29 is 28.6 Å². The van der Waals surface area contributed by atoms with Gasteiger partial charge in [-0.1, -0.05) is 259 Å². The fourth-order valence-electron chi connectivity index (χ4n) is 8.11. The SMILES string of the molecule is CC/C=C\C/C=C\C/C=C\C/C=C\C/C=C\CCCCCCCCCC(=O)OCC(COC(=O)CCCC/C=C\C/C=C\C/C=C\C/C=C\CC)OC(=O)CCCCCCCCCCCCCCCCCC. The van der Waals surface area contributed by atoms with Crippen LogP contribution in [0.4, 0.5) is 0 Å². The van der Waals surface area contributed by atoms with Gasteiger partial charge >= 0.3 is 17.9 Å². The fraction of sp³-hybridized carbons (Fsp3) is 0.682. The average molecular weight is 1000 g/mol. The van der Waals surface area contributed by atoms with Gasteiger partial charge in [0.2, 0.25) is 0 Å². The van der Waals surface area contributed by atoms with E-state index in [0.717, 1.165) is 122 Å². The van der Waals surface area contributed by atoms with Gasteiger partial charge in [0.05, 0.1) is 0 Å². The first kappa shape index (κ1) is 68.1. The number of carbonyl (C=O) groups excluding carboxylic acids is 3. The fourth-order valence-corrected chi connectivity index (χ4v) is 8.11. The Bertz CT molecular complexity index is 1470. The lowest BCUT2D eigenvalue weighted by molar-refractivity contribution is -0.167. The molecular weight excluding hydrogens is 889 g/mol. The maximum atomic E-state index is 12.9. The monoisotopic (exact) mass is 999 g/mol. The number of rotatable bonds is 53. The third kappa shape index (κ3) is 57.0. The first-order chi connectivity index (χ1) is 35.5. The topological polar surface area (TPSA) is 78.9 Å². The van der Waals surface area contributed by atoms with E-state index < -0.39 is 6.10 Å². The molecule has 0 saturated carbocycles. The summed E-state index contributed by atoms with van der Waals surface area (Å²) in [6, 6.07) is 0. The van der Waals surface area contributed by atoms with Gasteiger partial charge in [-0.3, -0.25) is 14.4 Å². The van der Waals surface area contributed by atoms with E-state index in [-0.39, 0.29) is 31.1 Å². The average Bonchev–Trinajstić information content (AvgIpc) is 3.38. The van der Waals surface area contributed by atoms with Crippen molar-refractivity contribution >= 4 is 17.9 Å². The van der Waals surface area contributed by atoms with Gasteiger partial charge in [-0.25, -0.2) is 0 Å². The molecule has 410 valence electrons. The van der Waals surface area contributed by atoms with Crippen molar-refractivity contribution in [2.45, 2.75) is 277 Å². The minimum Gasteiger partial charge on any atom is -0.462 e. The molecule has 0 amide bonds. The summed E-state index contributed by atoms with van der Waals surface area (Å²) in [5, 5.41) is 0. The van der Waals surface area contributed by atoms with Crippen LogP contribution < -0.4 is 0 Å². The van der Waals surface area contributed by atoms with Gasteiger partial charge in [0, 0.05) is 19.3 Å². The van der Waals surface area contributed by atoms with Gasteiger partial charge in [-0.05, 0) is 103 Å². The molecule has 0 radical (unpaired) electrons. The minimum atomic E-state index is -0.801. The third-order valence-electron chi connectivity index (χ3n) is 12.5. The molecule has 1 unspecified atom stereocenters. The first-order valence-corrected chi connectivity index (χ1v) is 29.9. The Labute approximate surface area is 444 Å². The predicted octanol–water partition coefficient (Wildman–Crippen LogP) is 20.3. The predicted molar refractivity (Wildman–Crippen MR) is 311 cm³/mol. The van der Waals surface area contributed by atoms with E-state index in [0.29, 0.717) is 19.3 Å². The number of unbranched alkanes of at least 4 members (excludes halogenated alkanes) is 24. The molecule has 0 spiro atoms. The van der Waals surface area contributed by atoms with Crippen molar-refractivity contribution in [2.75, 3.05) is 13.2 Å². The molecule has 6 heteroatoms. The van der Waals surface area contributed by atoms with E-state index in [1.54, 1.807) is 0 Å². The molecule has 0 fully saturated rings. The third-order valence-corrected chi connectivity index (χ3v) is 12.5. The van der Waals surface area contributed by atoms with Crippen LogP contribution in [0.1, 0.15) is 271 Å². The molecule has 0 rings (SSSR count). The molecule has 6 nitrogen and oxygen atoms in total. The second-order valence-electron chi connectivity index (χ2n) is 19.5. The maximum Gasteiger partial charge on any atom is 0.306 e. The summed E-state index contributed by atoms with van der Waals surface area (Å²) in [7, 11) is 0. The lowest BCUT2D eigenvalue weighted by Gasteiger charge is -2.18. The van der Waals surface area contributed by atoms with Crippen molar-refractivity contribution in [3.05, 3.63) is 109 Å². The van der Waals surface area contributed by atoms with Gasteiger partial charge < -0.3 is 14.2 Å². The van der Waals surface area contributed by atoms with Crippen LogP contribution >= 0.6 is 0 Å². The minimum absolute atomic E-state index is 0.0967. The highest BCUT2D eigenvalue weighted by atomic mass is 16.6. The summed E-state index contributed by atoms with van der Waals surface area (Å²) in [6.45, 7) is 6.38. The molecule has 1 atom stereocenters. The standard InChI is InChI=1S/C66H110O6/c1-4-7-10-13-16-19-22-25-28-30-31-32-33-34-35-36-39-41-44-47-50-53-56-59-65(68)71-62-63(61-70-64(67)58-55-52-49-46-43-40-37-27-24-21-18-15-12-9-6-3)72-66(69)60-57-54-51-48-45-42-38-29-26-23-20-17-14-11-8-5-2/h7,9-10,12,16,18-19,21,25,27-28,31-32,34-35,37,43,46,63H,4-6,8,11,13-15,17,20,22-24,26,29-30,33,36,38-42,44-45,47-62H2,1-3H3/b10-7-,12-9-,19-16-,21-18-,28-25-,32-31-,35-34-,37-27-,46-43-. The molecule has 72 heavy (non-hydrogen) atoms. The van der Waals surface area contributed by atoms with E-state index in [4.69, 9.17) is 14.2 Å². The number of ether oxygens (including phenoxy) is 3. The van der Waals surface area contributed by atoms with E-state index in [2.05, 4.69) is 130 Å². The lowest BCUT2D eigenvalue weighted by Crippen LogP contribution is -2.30. The molecule has 0 aliphatic heterocycles. The van der Waals surface area contributed by atoms with Gasteiger partial charge in [-0.2, -0.15) is 0 Å². The molecule has 0 N–H and O–H groups in total. The van der Waals surface area contributed by atoms with Gasteiger partial charge in [0.15, 0.2) is 6.10 Å². The van der Waals surface area contributed by atoms with Crippen LogP contribution in [0.25, 0.3) is 0 Å². The molecule has 0 heterocycles. The lowest BCUT2D eigenvalue weighted by atomic mass is 10.0. The molecule has 0 saturated heterocycles. The Morgan fingerprint density at radius 3 is 0.875 bits per heavy atom. The Kier molecular flexibility index (Phi) is 56.4. The van der Waals surface area contributed by atoms with Crippen molar-refractivity contribution in [3.8, 4) is 0 Å². The number of carbonyl (C=O) groups is 3. The zero-order chi connectivity index (χ0) is 52.2. The molecule has 0 aromatic heterocycles. The van der Waals surface area contributed by atoms with Crippen LogP contribution in [-0.4, -0.2) is 37.2 Å². The molecule has 0 aliphatic carbocycles. The Morgan fingerprint density at radius 1 is 0.292 bits per heavy atom. The van der Waals surface area contributed by atoms with Crippen molar-refractivity contribution in [3.63, 3.8) is 0 Å². The van der Waals surface area contributed by atoms with Crippen LogP contribution in [0.15, 0.2) is 109 Å². The van der Waals surface area contributed by atoms with E-state index in [1.165, 1.54) is 109 Å². The van der Waals surface area contributed by atoms with E-state index in [9.17, 15) is 14.4 Å². The van der Waals surface area contributed by atoms with Crippen LogP contribution in [0.2, 0.25) is 0 Å². The molecular formula is C66H110O6. The zero-order valence-electron chi connectivity index (χ0n) is 46.9. The number of hydrogen-bond acceptors (Lipinski definition) is 6. The van der Waals surface area contributed by atoms with Crippen LogP contribution in [0.5, 0.6) is 0 Å². The molecule has 0 aromatic carbocycles.